The van der Waals surface area contributed by atoms with E-state index in [1.165, 1.54) is 70.3 Å². The highest BCUT2D eigenvalue weighted by Gasteiger charge is 2.12. The van der Waals surface area contributed by atoms with Crippen molar-refractivity contribution < 1.29 is 9.63 Å². The fourth-order valence-corrected chi connectivity index (χ4v) is 3.05. The van der Waals surface area contributed by atoms with Crippen LogP contribution < -0.4 is 0 Å². The van der Waals surface area contributed by atoms with E-state index in [2.05, 4.69) is 25.2 Å². The number of piperidine rings is 1. The van der Waals surface area contributed by atoms with Gasteiger partial charge in [-0.25, -0.2) is 4.79 Å². The second-order valence-corrected chi connectivity index (χ2v) is 7.15. The fourth-order valence-electron chi connectivity index (χ4n) is 3.05. The third-order valence-electron chi connectivity index (χ3n) is 4.65. The van der Waals surface area contributed by atoms with Crippen LogP contribution in [0.3, 0.4) is 0 Å². The third kappa shape index (κ3) is 13.9. The van der Waals surface area contributed by atoms with Gasteiger partial charge < -0.3 is 4.84 Å². The van der Waals surface area contributed by atoms with Gasteiger partial charge in [0.25, 0.3) is 0 Å². The molecule has 0 aromatic heterocycles. The number of hydrogen-bond acceptors (Lipinski definition) is 3. The highest BCUT2D eigenvalue weighted by Crippen LogP contribution is 2.09. The van der Waals surface area contributed by atoms with E-state index in [-0.39, 0.29) is 5.97 Å². The van der Waals surface area contributed by atoms with Crippen molar-refractivity contribution in [3.05, 3.63) is 36.5 Å². The summed E-state index contributed by atoms with van der Waals surface area (Å²) in [5, 5.41) is 1.78. The van der Waals surface area contributed by atoms with Gasteiger partial charge in [0.1, 0.15) is 0 Å². The summed E-state index contributed by atoms with van der Waals surface area (Å²) in [6.45, 7) is 3.98. The van der Waals surface area contributed by atoms with Crippen LogP contribution in [0.5, 0.6) is 0 Å². The molecule has 0 aliphatic carbocycles. The standard InChI is InChI=1S/C23H39NO2/c1-2-3-4-5-6-7-8-9-10-11-12-13-14-15-17-20-23(25)26-24-21-18-16-19-22-24/h6-7,14-15,17,20H,2-5,8-13,16,18-19,21-22H2,1H3. The molecule has 0 atom stereocenters. The average molecular weight is 362 g/mol. The molecule has 0 aromatic rings. The highest BCUT2D eigenvalue weighted by molar-refractivity contribution is 5.81. The summed E-state index contributed by atoms with van der Waals surface area (Å²) in [5.41, 5.74) is 0. The topological polar surface area (TPSA) is 29.5 Å². The monoisotopic (exact) mass is 361 g/mol. The first-order valence-electron chi connectivity index (χ1n) is 10.8. The Hall–Kier alpha value is -1.35. The maximum Gasteiger partial charge on any atom is 0.349 e. The predicted molar refractivity (Wildman–Crippen MR) is 111 cm³/mol. The maximum absolute atomic E-state index is 11.7. The summed E-state index contributed by atoms with van der Waals surface area (Å²) in [6.07, 6.45) is 28.2. The van der Waals surface area contributed by atoms with E-state index in [1.807, 2.05) is 6.08 Å². The van der Waals surface area contributed by atoms with E-state index in [1.54, 1.807) is 11.1 Å². The smallest absolute Gasteiger partial charge is 0.349 e. The Morgan fingerprint density at radius 2 is 1.42 bits per heavy atom. The molecule has 1 aliphatic rings. The van der Waals surface area contributed by atoms with Gasteiger partial charge in [-0.2, -0.15) is 0 Å². The van der Waals surface area contributed by atoms with Crippen molar-refractivity contribution in [2.45, 2.75) is 90.4 Å². The van der Waals surface area contributed by atoms with Crippen molar-refractivity contribution in [1.29, 1.82) is 0 Å². The molecule has 0 amide bonds. The number of hydroxylamine groups is 2. The van der Waals surface area contributed by atoms with Crippen molar-refractivity contribution in [2.24, 2.45) is 0 Å². The number of allylic oxidation sites excluding steroid dienone is 5. The number of rotatable bonds is 14. The van der Waals surface area contributed by atoms with E-state index < -0.39 is 0 Å². The fraction of sp³-hybridized carbons (Fsp3) is 0.696. The third-order valence-corrected chi connectivity index (χ3v) is 4.65. The normalized spacial score (nSPS) is 16.2. The minimum absolute atomic E-state index is 0.265. The second-order valence-electron chi connectivity index (χ2n) is 7.15. The van der Waals surface area contributed by atoms with Crippen LogP contribution in [-0.2, 0) is 9.63 Å². The first-order chi connectivity index (χ1) is 12.8. The summed E-state index contributed by atoms with van der Waals surface area (Å²) in [6, 6.07) is 0. The molecule has 0 aromatic carbocycles. The van der Waals surface area contributed by atoms with Gasteiger partial charge in [-0.15, -0.1) is 5.06 Å². The lowest BCUT2D eigenvalue weighted by atomic mass is 10.1. The first-order valence-corrected chi connectivity index (χ1v) is 10.8. The zero-order valence-corrected chi connectivity index (χ0v) is 16.8. The van der Waals surface area contributed by atoms with Gasteiger partial charge in [0.2, 0.25) is 0 Å². The van der Waals surface area contributed by atoms with Gasteiger partial charge in [-0.3, -0.25) is 0 Å². The van der Waals surface area contributed by atoms with E-state index in [0.717, 1.165) is 32.4 Å². The van der Waals surface area contributed by atoms with Crippen LogP contribution in [0.4, 0.5) is 0 Å². The van der Waals surface area contributed by atoms with Gasteiger partial charge >= 0.3 is 5.97 Å². The molecule has 0 spiro atoms. The molecule has 0 unspecified atom stereocenters. The van der Waals surface area contributed by atoms with Crippen LogP contribution in [0.15, 0.2) is 36.5 Å². The molecule has 1 aliphatic heterocycles. The molecular weight excluding hydrogens is 322 g/mol. The summed E-state index contributed by atoms with van der Waals surface area (Å²) in [5.74, 6) is -0.265. The van der Waals surface area contributed by atoms with E-state index in [4.69, 9.17) is 4.84 Å². The molecule has 0 bridgehead atoms. The van der Waals surface area contributed by atoms with E-state index in [9.17, 15) is 4.79 Å². The summed E-state index contributed by atoms with van der Waals surface area (Å²) >= 11 is 0. The van der Waals surface area contributed by atoms with Gasteiger partial charge in [-0.1, -0.05) is 69.4 Å². The number of carbonyl (C=O) groups excluding carboxylic acids is 1. The highest BCUT2D eigenvalue weighted by atomic mass is 16.7. The summed E-state index contributed by atoms with van der Waals surface area (Å²) < 4.78 is 0. The van der Waals surface area contributed by atoms with Crippen molar-refractivity contribution in [3.63, 3.8) is 0 Å². The minimum atomic E-state index is -0.265. The van der Waals surface area contributed by atoms with E-state index in [0.29, 0.717) is 0 Å². The van der Waals surface area contributed by atoms with Crippen LogP contribution in [0, 0.1) is 0 Å². The zero-order chi connectivity index (χ0) is 18.7. The summed E-state index contributed by atoms with van der Waals surface area (Å²) in [7, 11) is 0. The molecule has 3 heteroatoms. The van der Waals surface area contributed by atoms with Crippen LogP contribution in [0.2, 0.25) is 0 Å². The molecule has 0 N–H and O–H groups in total. The molecule has 3 nitrogen and oxygen atoms in total. The van der Waals surface area contributed by atoms with Gasteiger partial charge in [0, 0.05) is 19.2 Å². The zero-order valence-electron chi connectivity index (χ0n) is 16.8. The number of nitrogens with zero attached hydrogens (tertiary/aromatic N) is 1. The molecule has 0 saturated carbocycles. The van der Waals surface area contributed by atoms with Crippen molar-refractivity contribution in [3.8, 4) is 0 Å². The Morgan fingerprint density at radius 1 is 0.808 bits per heavy atom. The number of hydrogen-bond donors (Lipinski definition) is 0. The Labute approximate surface area is 161 Å². The molecule has 0 radical (unpaired) electrons. The molecular formula is C23H39NO2. The van der Waals surface area contributed by atoms with Gasteiger partial charge in [-0.05, 0) is 51.4 Å². The number of unbranched alkanes of at least 4 members (excludes halogenated alkanes) is 8. The van der Waals surface area contributed by atoms with Gasteiger partial charge in [0.05, 0.1) is 0 Å². The molecule has 1 saturated heterocycles. The Bertz CT molecular complexity index is 420. The average Bonchev–Trinajstić information content (AvgIpc) is 2.65. The lowest BCUT2D eigenvalue weighted by molar-refractivity contribution is -0.187. The van der Waals surface area contributed by atoms with E-state index >= 15 is 0 Å². The second kappa shape index (κ2) is 17.1. The predicted octanol–water partition coefficient (Wildman–Crippen LogP) is 6.52. The first kappa shape index (κ1) is 22.7. The molecule has 148 valence electrons. The van der Waals surface area contributed by atoms with Gasteiger partial charge in [0.15, 0.2) is 0 Å². The minimum Gasteiger partial charge on any atom is -0.364 e. The van der Waals surface area contributed by atoms with Crippen LogP contribution in [-0.4, -0.2) is 24.1 Å². The SMILES string of the molecule is CCCCCC=CCCCCCCC=CC=CC(=O)ON1CCCCC1. The molecule has 1 rings (SSSR count). The largest absolute Gasteiger partial charge is 0.364 e. The van der Waals surface area contributed by atoms with Crippen LogP contribution in [0.25, 0.3) is 0 Å². The lowest BCUT2D eigenvalue weighted by Crippen LogP contribution is -2.31. The Kier molecular flexibility index (Phi) is 14.9. The Balaban J connectivity index is 1.90. The lowest BCUT2D eigenvalue weighted by Gasteiger charge is -2.23. The summed E-state index contributed by atoms with van der Waals surface area (Å²) in [4.78, 5) is 16.9. The van der Waals surface area contributed by atoms with Crippen LogP contribution >= 0.6 is 0 Å². The molecule has 1 heterocycles. The molecule has 1 fully saturated rings. The number of carbonyl (C=O) groups is 1. The maximum atomic E-state index is 11.7. The van der Waals surface area contributed by atoms with Crippen molar-refractivity contribution in [2.75, 3.05) is 13.1 Å². The van der Waals surface area contributed by atoms with Crippen molar-refractivity contribution in [1.82, 2.24) is 5.06 Å². The molecule has 26 heavy (non-hydrogen) atoms. The van der Waals surface area contributed by atoms with Crippen molar-refractivity contribution >= 4 is 5.97 Å². The van der Waals surface area contributed by atoms with Crippen LogP contribution in [0.1, 0.15) is 90.4 Å². The quantitative estimate of drug-likeness (QED) is 0.153. The Morgan fingerprint density at radius 3 is 2.08 bits per heavy atom.